The Morgan fingerprint density at radius 1 is 1.05 bits per heavy atom. The molecule has 2 aromatic rings. The molecule has 1 unspecified atom stereocenters. The first-order valence-corrected chi connectivity index (χ1v) is 7.13. The molecule has 2 aromatic carbocycles. The standard InChI is InChI=1S/C17H23NO/c1-2-3-6-11-19-13-17(18)16-10-9-14-7-4-5-8-15(14)12-16/h4-5,7-10,12,17H,2-3,6,11,13,18H2,1H3. The fourth-order valence-electron chi connectivity index (χ4n) is 2.20. The third-order valence-corrected chi connectivity index (χ3v) is 3.39. The van der Waals surface area contributed by atoms with E-state index in [-0.39, 0.29) is 6.04 Å². The summed E-state index contributed by atoms with van der Waals surface area (Å²) in [5.41, 5.74) is 7.32. The van der Waals surface area contributed by atoms with Crippen molar-refractivity contribution in [3.8, 4) is 0 Å². The zero-order valence-electron chi connectivity index (χ0n) is 11.6. The molecule has 0 saturated carbocycles. The van der Waals surface area contributed by atoms with Crippen molar-refractivity contribution in [1.82, 2.24) is 0 Å². The van der Waals surface area contributed by atoms with Gasteiger partial charge in [0.1, 0.15) is 0 Å². The van der Waals surface area contributed by atoms with Crippen LogP contribution in [0.2, 0.25) is 0 Å². The van der Waals surface area contributed by atoms with Crippen molar-refractivity contribution in [1.29, 1.82) is 0 Å². The number of unbranched alkanes of at least 4 members (excludes halogenated alkanes) is 2. The van der Waals surface area contributed by atoms with E-state index in [0.717, 1.165) is 18.6 Å². The molecule has 0 radical (unpaired) electrons. The van der Waals surface area contributed by atoms with Gasteiger partial charge in [-0.1, -0.05) is 56.2 Å². The molecule has 0 aromatic heterocycles. The Bertz CT molecular complexity index is 509. The minimum absolute atomic E-state index is 0.0359. The fraction of sp³-hybridized carbons (Fsp3) is 0.412. The maximum Gasteiger partial charge on any atom is 0.0659 e. The molecular formula is C17H23NO. The molecule has 2 nitrogen and oxygen atoms in total. The predicted octanol–water partition coefficient (Wildman–Crippen LogP) is 4.05. The molecule has 0 fully saturated rings. The quantitative estimate of drug-likeness (QED) is 0.760. The van der Waals surface area contributed by atoms with Crippen LogP contribution in [0.4, 0.5) is 0 Å². The largest absolute Gasteiger partial charge is 0.379 e. The Balaban J connectivity index is 1.91. The number of ether oxygens (including phenoxy) is 1. The summed E-state index contributed by atoms with van der Waals surface area (Å²) in [5.74, 6) is 0. The van der Waals surface area contributed by atoms with E-state index in [2.05, 4.69) is 49.4 Å². The summed E-state index contributed by atoms with van der Waals surface area (Å²) in [7, 11) is 0. The monoisotopic (exact) mass is 257 g/mol. The number of benzene rings is 2. The molecule has 0 bridgehead atoms. The number of hydrogen-bond acceptors (Lipinski definition) is 2. The van der Waals surface area contributed by atoms with Crippen molar-refractivity contribution in [2.75, 3.05) is 13.2 Å². The van der Waals surface area contributed by atoms with Gasteiger partial charge in [0.15, 0.2) is 0 Å². The minimum atomic E-state index is -0.0359. The normalized spacial score (nSPS) is 12.7. The van der Waals surface area contributed by atoms with E-state index in [9.17, 15) is 0 Å². The molecule has 2 heteroatoms. The highest BCUT2D eigenvalue weighted by Gasteiger charge is 2.06. The Morgan fingerprint density at radius 3 is 2.63 bits per heavy atom. The van der Waals surface area contributed by atoms with E-state index in [4.69, 9.17) is 10.5 Å². The predicted molar refractivity (Wildman–Crippen MR) is 81.2 cm³/mol. The zero-order valence-corrected chi connectivity index (χ0v) is 11.6. The summed E-state index contributed by atoms with van der Waals surface area (Å²) in [6.07, 6.45) is 3.58. The zero-order chi connectivity index (χ0) is 13.5. The maximum absolute atomic E-state index is 6.18. The van der Waals surface area contributed by atoms with Gasteiger partial charge in [-0.2, -0.15) is 0 Å². The van der Waals surface area contributed by atoms with Crippen molar-refractivity contribution in [2.24, 2.45) is 5.73 Å². The summed E-state index contributed by atoms with van der Waals surface area (Å²) >= 11 is 0. The summed E-state index contributed by atoms with van der Waals surface area (Å²) < 4.78 is 5.64. The highest BCUT2D eigenvalue weighted by molar-refractivity contribution is 5.83. The second-order valence-corrected chi connectivity index (χ2v) is 5.00. The van der Waals surface area contributed by atoms with Crippen molar-refractivity contribution in [2.45, 2.75) is 32.2 Å². The van der Waals surface area contributed by atoms with Crippen LogP contribution < -0.4 is 5.73 Å². The van der Waals surface area contributed by atoms with Crippen molar-refractivity contribution in [3.63, 3.8) is 0 Å². The molecule has 0 saturated heterocycles. The summed E-state index contributed by atoms with van der Waals surface area (Å²) in [6.45, 7) is 3.61. The van der Waals surface area contributed by atoms with Crippen LogP contribution >= 0.6 is 0 Å². The Kier molecular flexibility index (Phi) is 5.37. The maximum atomic E-state index is 6.18. The number of rotatable bonds is 7. The van der Waals surface area contributed by atoms with Gasteiger partial charge in [-0.3, -0.25) is 0 Å². The first kappa shape index (κ1) is 14.0. The van der Waals surface area contributed by atoms with Crippen molar-refractivity contribution >= 4 is 10.8 Å². The Labute approximate surface area is 115 Å². The Morgan fingerprint density at radius 2 is 1.84 bits per heavy atom. The lowest BCUT2D eigenvalue weighted by Crippen LogP contribution is -2.17. The molecule has 0 aliphatic heterocycles. The molecule has 0 spiro atoms. The van der Waals surface area contributed by atoms with Gasteiger partial charge in [0.25, 0.3) is 0 Å². The molecule has 0 aliphatic carbocycles. The van der Waals surface area contributed by atoms with E-state index in [1.807, 2.05) is 0 Å². The van der Waals surface area contributed by atoms with Gasteiger partial charge in [0.05, 0.1) is 12.6 Å². The molecule has 2 N–H and O–H groups in total. The third kappa shape index (κ3) is 4.05. The van der Waals surface area contributed by atoms with Gasteiger partial charge in [-0.15, -0.1) is 0 Å². The second-order valence-electron chi connectivity index (χ2n) is 5.00. The average molecular weight is 257 g/mol. The van der Waals surface area contributed by atoms with Gasteiger partial charge in [-0.05, 0) is 28.8 Å². The van der Waals surface area contributed by atoms with Gasteiger partial charge in [-0.25, -0.2) is 0 Å². The molecule has 0 aliphatic rings. The molecular weight excluding hydrogens is 234 g/mol. The van der Waals surface area contributed by atoms with Crippen LogP contribution in [0.15, 0.2) is 42.5 Å². The first-order valence-electron chi connectivity index (χ1n) is 7.13. The lowest BCUT2D eigenvalue weighted by molar-refractivity contribution is 0.117. The van der Waals surface area contributed by atoms with E-state index < -0.39 is 0 Å². The smallest absolute Gasteiger partial charge is 0.0659 e. The van der Waals surface area contributed by atoms with Crippen LogP contribution in [0.3, 0.4) is 0 Å². The van der Waals surface area contributed by atoms with E-state index >= 15 is 0 Å². The molecule has 0 amide bonds. The topological polar surface area (TPSA) is 35.2 Å². The third-order valence-electron chi connectivity index (χ3n) is 3.39. The van der Waals surface area contributed by atoms with Gasteiger partial charge >= 0.3 is 0 Å². The number of hydrogen-bond donors (Lipinski definition) is 1. The summed E-state index contributed by atoms with van der Waals surface area (Å²) in [5, 5.41) is 2.49. The van der Waals surface area contributed by atoms with E-state index in [0.29, 0.717) is 6.61 Å². The van der Waals surface area contributed by atoms with Crippen LogP contribution in [0.5, 0.6) is 0 Å². The summed E-state index contributed by atoms with van der Waals surface area (Å²) in [4.78, 5) is 0. The van der Waals surface area contributed by atoms with Crippen LogP contribution in [0, 0.1) is 0 Å². The van der Waals surface area contributed by atoms with Crippen LogP contribution in [0.1, 0.15) is 37.8 Å². The lowest BCUT2D eigenvalue weighted by Gasteiger charge is -2.13. The van der Waals surface area contributed by atoms with E-state index in [1.54, 1.807) is 0 Å². The molecule has 2 rings (SSSR count). The Hall–Kier alpha value is -1.38. The molecule has 19 heavy (non-hydrogen) atoms. The van der Waals surface area contributed by atoms with E-state index in [1.165, 1.54) is 23.6 Å². The van der Waals surface area contributed by atoms with Crippen molar-refractivity contribution in [3.05, 3.63) is 48.0 Å². The lowest BCUT2D eigenvalue weighted by atomic mass is 10.0. The van der Waals surface area contributed by atoms with Gasteiger partial charge in [0.2, 0.25) is 0 Å². The van der Waals surface area contributed by atoms with Crippen LogP contribution in [-0.4, -0.2) is 13.2 Å². The van der Waals surface area contributed by atoms with Crippen LogP contribution in [-0.2, 0) is 4.74 Å². The summed E-state index contributed by atoms with van der Waals surface area (Å²) in [6, 6.07) is 14.7. The minimum Gasteiger partial charge on any atom is -0.379 e. The number of nitrogens with two attached hydrogens (primary N) is 1. The van der Waals surface area contributed by atoms with Gasteiger partial charge < -0.3 is 10.5 Å². The highest BCUT2D eigenvalue weighted by Crippen LogP contribution is 2.19. The molecule has 102 valence electrons. The fourth-order valence-corrected chi connectivity index (χ4v) is 2.20. The average Bonchev–Trinajstić information content (AvgIpc) is 2.46. The molecule has 0 heterocycles. The molecule has 1 atom stereocenters. The first-order chi connectivity index (χ1) is 9.31. The second kappa shape index (κ2) is 7.27. The number of fused-ring (bicyclic) bond motifs is 1. The van der Waals surface area contributed by atoms with Crippen LogP contribution in [0.25, 0.3) is 10.8 Å². The van der Waals surface area contributed by atoms with Gasteiger partial charge in [0, 0.05) is 6.61 Å². The highest BCUT2D eigenvalue weighted by atomic mass is 16.5. The SMILES string of the molecule is CCCCCOCC(N)c1ccc2ccccc2c1. The van der Waals surface area contributed by atoms with Crippen molar-refractivity contribution < 1.29 is 4.74 Å².